The van der Waals surface area contributed by atoms with Crippen molar-refractivity contribution >= 4 is 51.9 Å². The van der Waals surface area contributed by atoms with Crippen molar-refractivity contribution in [2.24, 2.45) is 0 Å². The molecule has 0 aromatic heterocycles. The number of carboxylic acid groups (broad SMARTS) is 1. The molecule has 9 heteroatoms. The fourth-order valence-corrected chi connectivity index (χ4v) is 4.97. The molecule has 2 aliphatic rings. The molecule has 0 spiro atoms. The van der Waals surface area contributed by atoms with Gasteiger partial charge in [0.2, 0.25) is 0 Å². The molecule has 2 atom stereocenters. The molecule has 2 unspecified atom stereocenters. The smallest absolute Gasteiger partial charge is 0.310 e. The Bertz CT molecular complexity index is 788. The van der Waals surface area contributed by atoms with Gasteiger partial charge in [0.15, 0.2) is 0 Å². The van der Waals surface area contributed by atoms with Crippen molar-refractivity contribution in [3.05, 3.63) is 29.8 Å². The maximum atomic E-state index is 12.1. The third kappa shape index (κ3) is 7.02. The number of para-hydroxylation sites is 1. The molecule has 1 aromatic rings. The Balaban J connectivity index is 0.00000256. The Morgan fingerprint density at radius 1 is 1.03 bits per heavy atom. The fourth-order valence-electron chi connectivity index (χ4n) is 4.97. The fraction of sp³-hybridized carbons (Fsp3) is 0.609. The van der Waals surface area contributed by atoms with Crippen LogP contribution in [0.15, 0.2) is 24.3 Å². The second-order valence-corrected chi connectivity index (χ2v) is 8.66. The van der Waals surface area contributed by atoms with E-state index in [-0.39, 0.29) is 64.8 Å². The zero-order valence-electron chi connectivity index (χ0n) is 18.7. The van der Waals surface area contributed by atoms with Crippen molar-refractivity contribution in [2.45, 2.75) is 83.0 Å². The molecule has 2 fully saturated rings. The van der Waals surface area contributed by atoms with E-state index in [1.807, 2.05) is 24.3 Å². The van der Waals surface area contributed by atoms with E-state index in [2.05, 4.69) is 7.05 Å². The summed E-state index contributed by atoms with van der Waals surface area (Å²) in [5, 5.41) is 8.70. The lowest BCUT2D eigenvalue weighted by atomic mass is 9.95. The largest absolute Gasteiger partial charge is 0.481 e. The summed E-state index contributed by atoms with van der Waals surface area (Å²) in [6.07, 6.45) is 4.50. The number of benzene rings is 1. The van der Waals surface area contributed by atoms with Crippen molar-refractivity contribution in [1.29, 1.82) is 0 Å². The summed E-state index contributed by atoms with van der Waals surface area (Å²) in [4.78, 5) is 34.5. The van der Waals surface area contributed by atoms with E-state index in [4.69, 9.17) is 14.6 Å². The molecular weight excluding hydrogens is 546 g/mol. The minimum absolute atomic E-state index is 0. The molecule has 2 saturated heterocycles. The topological polar surface area (TPSA) is 89.9 Å². The van der Waals surface area contributed by atoms with E-state index in [0.29, 0.717) is 30.7 Å². The van der Waals surface area contributed by atoms with Gasteiger partial charge >= 0.3 is 17.9 Å². The number of ether oxygens (including phenoxy) is 2. The molecule has 32 heavy (non-hydrogen) atoms. The lowest BCUT2D eigenvalue weighted by molar-refractivity contribution is -0.961. The summed E-state index contributed by atoms with van der Waals surface area (Å²) in [6, 6.07) is 8.49. The minimum Gasteiger partial charge on any atom is -0.481 e. The number of hydrogen-bond donors (Lipinski definition) is 1. The van der Waals surface area contributed by atoms with Crippen LogP contribution in [0.1, 0.15) is 63.9 Å². The molecule has 0 amide bonds. The number of quaternary nitrogens is 1. The molecule has 0 saturated carbocycles. The van der Waals surface area contributed by atoms with Crippen LogP contribution in [0.2, 0.25) is 0 Å². The first kappa shape index (κ1) is 28.6. The average molecular weight is 580 g/mol. The van der Waals surface area contributed by atoms with Gasteiger partial charge in [-0.1, -0.05) is 19.1 Å². The molecule has 3 rings (SSSR count). The standard InChI is InChI=1S/C23H31NO6.2BrH/c1-3-22(27)30-20-8-5-4-7-16(20)15-24(2)17-11-12-18(24)14-19(13-17)29-23(28)10-6-9-21(25)26;;/h4-5,7-8,17-19H,3,6,9-15H2,1-2H3;2*1H/p+1. The summed E-state index contributed by atoms with van der Waals surface area (Å²) in [5.74, 6) is -0.790. The van der Waals surface area contributed by atoms with E-state index in [1.165, 1.54) is 0 Å². The van der Waals surface area contributed by atoms with Crippen molar-refractivity contribution in [1.82, 2.24) is 0 Å². The van der Waals surface area contributed by atoms with Crippen LogP contribution in [-0.4, -0.2) is 52.7 Å². The zero-order chi connectivity index (χ0) is 21.7. The Kier molecular flexibility index (Phi) is 11.3. The monoisotopic (exact) mass is 578 g/mol. The summed E-state index contributed by atoms with van der Waals surface area (Å²) >= 11 is 0. The van der Waals surface area contributed by atoms with Gasteiger partial charge in [0.05, 0.1) is 19.1 Å². The quantitative estimate of drug-likeness (QED) is 0.261. The normalized spacial score (nSPS) is 25.8. The second kappa shape index (κ2) is 12.7. The SMILES string of the molecule is Br.Br.CCC(=O)Oc1ccccc1C[N+]1(C)C2CCC1CC(OC(=O)CCCC(=O)O)C2. The molecular formula is C23H34Br2NO6+. The number of halogens is 2. The number of esters is 2. The molecule has 2 heterocycles. The van der Waals surface area contributed by atoms with Gasteiger partial charge in [-0.25, -0.2) is 0 Å². The van der Waals surface area contributed by atoms with E-state index >= 15 is 0 Å². The first-order valence-electron chi connectivity index (χ1n) is 10.9. The van der Waals surface area contributed by atoms with E-state index in [0.717, 1.165) is 42.3 Å². The second-order valence-electron chi connectivity index (χ2n) is 8.66. The Labute approximate surface area is 210 Å². The Hall–Kier alpha value is -1.45. The van der Waals surface area contributed by atoms with Gasteiger partial charge in [0, 0.05) is 50.5 Å². The van der Waals surface area contributed by atoms with Gasteiger partial charge in [-0.3, -0.25) is 14.4 Å². The van der Waals surface area contributed by atoms with Crippen molar-refractivity contribution in [2.75, 3.05) is 7.05 Å². The number of carboxylic acids is 1. The molecule has 1 N–H and O–H groups in total. The third-order valence-electron chi connectivity index (χ3n) is 6.64. The highest BCUT2D eigenvalue weighted by atomic mass is 79.9. The van der Waals surface area contributed by atoms with Gasteiger partial charge in [-0.05, 0) is 18.6 Å². The summed E-state index contributed by atoms with van der Waals surface area (Å²) < 4.78 is 12.1. The number of carbonyl (C=O) groups is 3. The van der Waals surface area contributed by atoms with Crippen LogP contribution in [0, 0.1) is 0 Å². The molecule has 7 nitrogen and oxygen atoms in total. The van der Waals surface area contributed by atoms with Crippen LogP contribution in [0.5, 0.6) is 5.75 Å². The number of nitrogens with zero attached hydrogens (tertiary/aromatic N) is 1. The van der Waals surface area contributed by atoms with Gasteiger partial charge in [0.25, 0.3) is 0 Å². The number of fused-ring (bicyclic) bond motifs is 2. The molecule has 2 aliphatic heterocycles. The number of hydrogen-bond acceptors (Lipinski definition) is 5. The molecule has 0 aliphatic carbocycles. The van der Waals surface area contributed by atoms with Gasteiger partial charge in [-0.2, -0.15) is 0 Å². The molecule has 1 aromatic carbocycles. The first-order chi connectivity index (χ1) is 14.3. The predicted molar refractivity (Wildman–Crippen MR) is 130 cm³/mol. The van der Waals surface area contributed by atoms with Gasteiger partial charge in [0.1, 0.15) is 18.4 Å². The van der Waals surface area contributed by atoms with E-state index in [1.54, 1.807) is 6.92 Å². The Morgan fingerprint density at radius 2 is 1.66 bits per heavy atom. The predicted octanol–water partition coefficient (Wildman–Crippen LogP) is 4.60. The van der Waals surface area contributed by atoms with Crippen LogP contribution in [-0.2, 0) is 25.7 Å². The summed E-state index contributed by atoms with van der Waals surface area (Å²) in [6.45, 7) is 2.56. The maximum absolute atomic E-state index is 12.1. The highest BCUT2D eigenvalue weighted by Gasteiger charge is 2.52. The zero-order valence-corrected chi connectivity index (χ0v) is 22.1. The third-order valence-corrected chi connectivity index (χ3v) is 6.64. The van der Waals surface area contributed by atoms with E-state index < -0.39 is 5.97 Å². The molecule has 2 bridgehead atoms. The van der Waals surface area contributed by atoms with Crippen molar-refractivity contribution < 1.29 is 33.4 Å². The van der Waals surface area contributed by atoms with Crippen LogP contribution in [0.25, 0.3) is 0 Å². The van der Waals surface area contributed by atoms with Crippen LogP contribution >= 0.6 is 34.0 Å². The highest BCUT2D eigenvalue weighted by Crippen LogP contribution is 2.44. The number of carbonyl (C=O) groups excluding carboxylic acids is 2. The van der Waals surface area contributed by atoms with Crippen LogP contribution in [0.3, 0.4) is 0 Å². The molecule has 180 valence electrons. The summed E-state index contributed by atoms with van der Waals surface area (Å²) in [5.41, 5.74) is 1.03. The summed E-state index contributed by atoms with van der Waals surface area (Å²) in [7, 11) is 2.26. The average Bonchev–Trinajstić information content (AvgIpc) is 2.86. The number of piperidine rings is 1. The Morgan fingerprint density at radius 3 is 2.25 bits per heavy atom. The molecule has 0 radical (unpaired) electrons. The van der Waals surface area contributed by atoms with Crippen LogP contribution in [0.4, 0.5) is 0 Å². The van der Waals surface area contributed by atoms with Gasteiger partial charge in [-0.15, -0.1) is 34.0 Å². The number of rotatable bonds is 9. The highest BCUT2D eigenvalue weighted by molar-refractivity contribution is 8.93. The first-order valence-corrected chi connectivity index (χ1v) is 10.9. The minimum atomic E-state index is -0.892. The maximum Gasteiger partial charge on any atom is 0.310 e. The number of aliphatic carboxylic acids is 1. The van der Waals surface area contributed by atoms with E-state index in [9.17, 15) is 14.4 Å². The lowest BCUT2D eigenvalue weighted by Crippen LogP contribution is -2.58. The lowest BCUT2D eigenvalue weighted by Gasteiger charge is -2.47. The van der Waals surface area contributed by atoms with Crippen LogP contribution < -0.4 is 4.74 Å². The van der Waals surface area contributed by atoms with Crippen molar-refractivity contribution in [3.8, 4) is 5.75 Å². The van der Waals surface area contributed by atoms with Gasteiger partial charge < -0.3 is 19.1 Å². The van der Waals surface area contributed by atoms with Crippen molar-refractivity contribution in [3.63, 3.8) is 0 Å².